The Hall–Kier alpha value is -11.6. The van der Waals surface area contributed by atoms with Crippen molar-refractivity contribution in [2.24, 2.45) is 20.0 Å². The lowest BCUT2D eigenvalue weighted by Gasteiger charge is -2.45. The first-order chi connectivity index (χ1) is 63.4. The molecule has 16 rings (SSSR count). The van der Waals surface area contributed by atoms with Gasteiger partial charge in [0.05, 0.1) is 22.3 Å². The summed E-state index contributed by atoms with van der Waals surface area (Å²) in [5, 5.41) is 0. The average molecular weight is 1710 g/mol. The van der Waals surface area contributed by atoms with Crippen LogP contribution in [0.3, 0.4) is 0 Å². The Morgan fingerprint density at radius 2 is 0.594 bits per heavy atom. The minimum Gasteiger partial charge on any atom is -0.457 e. The second-order valence-electron chi connectivity index (χ2n) is 35.5. The van der Waals surface area contributed by atoms with Crippen molar-refractivity contribution in [1.82, 2.24) is 4.90 Å². The van der Waals surface area contributed by atoms with Gasteiger partial charge in [-0.3, -0.25) is 0 Å². The van der Waals surface area contributed by atoms with E-state index >= 15 is 0 Å². The molecule has 0 radical (unpaired) electrons. The number of allylic oxidation sites excluding steroid dienone is 16. The van der Waals surface area contributed by atoms with Gasteiger partial charge in [-0.2, -0.15) is 0 Å². The number of amidine groups is 7. The van der Waals surface area contributed by atoms with E-state index in [0.29, 0.717) is 34.7 Å². The van der Waals surface area contributed by atoms with Crippen LogP contribution < -0.4 is 18.9 Å². The normalized spacial score (nSPS) is 16.5. The van der Waals surface area contributed by atoms with E-state index in [1.54, 1.807) is 0 Å². The molecular formula is C116H135N8O4+3. The Morgan fingerprint density at radius 1 is 0.297 bits per heavy atom. The maximum Gasteiger partial charge on any atom is 0.445 e. The van der Waals surface area contributed by atoms with Crippen molar-refractivity contribution < 1.29 is 32.7 Å². The summed E-state index contributed by atoms with van der Waals surface area (Å²) in [7, 11) is 0. The molecule has 8 aliphatic rings. The first-order valence-corrected chi connectivity index (χ1v) is 49.4. The van der Waals surface area contributed by atoms with Crippen LogP contribution in [0.15, 0.2) is 287 Å². The predicted octanol–water partition coefficient (Wildman–Crippen LogP) is 30.6. The molecule has 2 atom stereocenters. The molecule has 1 spiro atoms. The van der Waals surface area contributed by atoms with Crippen molar-refractivity contribution >= 4 is 40.8 Å². The van der Waals surface area contributed by atoms with Crippen LogP contribution in [0.25, 0.3) is 0 Å². The van der Waals surface area contributed by atoms with E-state index in [1.165, 1.54) is 144 Å². The molecule has 0 saturated carbocycles. The number of ether oxygens (including phenoxy) is 4. The second-order valence-corrected chi connectivity index (χ2v) is 35.5. The Labute approximate surface area is 763 Å². The lowest BCUT2D eigenvalue weighted by molar-refractivity contribution is -0.946. The van der Waals surface area contributed by atoms with Gasteiger partial charge >= 0.3 is 5.91 Å². The highest BCUT2D eigenvalue weighted by atomic mass is 16.5. The lowest BCUT2D eigenvalue weighted by atomic mass is 10.0. The summed E-state index contributed by atoms with van der Waals surface area (Å²) in [5.74, 6) is 9.56. The molecule has 8 aliphatic heterocycles. The molecule has 12 heteroatoms. The smallest absolute Gasteiger partial charge is 0.445 e. The Morgan fingerprint density at radius 3 is 0.953 bits per heavy atom. The van der Waals surface area contributed by atoms with Crippen LogP contribution in [0.1, 0.15) is 325 Å². The number of benzene rings is 8. The molecule has 660 valence electrons. The first-order valence-electron chi connectivity index (χ1n) is 49.4. The average Bonchev–Trinajstić information content (AvgIpc) is 1.46. The van der Waals surface area contributed by atoms with Crippen LogP contribution in [0.2, 0.25) is 0 Å². The van der Waals surface area contributed by atoms with Gasteiger partial charge in [-0.15, -0.1) is 18.7 Å². The molecule has 0 aromatic heterocycles. The number of fused-ring (bicyclic) bond motifs is 12. The van der Waals surface area contributed by atoms with Crippen LogP contribution >= 0.6 is 0 Å². The summed E-state index contributed by atoms with van der Waals surface area (Å²) >= 11 is 0. The van der Waals surface area contributed by atoms with Crippen LogP contribution in [-0.2, 0) is 25.7 Å². The topological polar surface area (TPSA) is 98.6 Å². The highest BCUT2D eigenvalue weighted by molar-refractivity contribution is 6.30. The number of aryl methyl sites for hydroxylation is 4. The van der Waals surface area contributed by atoms with Gasteiger partial charge in [0.2, 0.25) is 12.0 Å². The van der Waals surface area contributed by atoms with Gasteiger partial charge in [-0.25, -0.2) is 4.90 Å². The lowest BCUT2D eigenvalue weighted by Crippen LogP contribution is -2.78. The Bertz CT molecular complexity index is 5690. The molecule has 8 heterocycles. The molecule has 128 heavy (non-hydrogen) atoms. The van der Waals surface area contributed by atoms with Gasteiger partial charge in [-0.1, -0.05) is 315 Å². The number of hydrogen-bond donors (Lipinski definition) is 0. The third kappa shape index (κ3) is 21.2. The van der Waals surface area contributed by atoms with Crippen LogP contribution in [-0.4, -0.2) is 65.4 Å². The van der Waals surface area contributed by atoms with Crippen molar-refractivity contribution in [3.05, 3.63) is 334 Å². The molecular weight excluding hydrogens is 1570 g/mol. The fourth-order valence-electron chi connectivity index (χ4n) is 19.3. The summed E-state index contributed by atoms with van der Waals surface area (Å²) in [4.78, 5) is 26.8. The zero-order chi connectivity index (χ0) is 87.3. The quantitative estimate of drug-likeness (QED) is 0.0215. The zero-order valence-electron chi connectivity index (χ0n) is 76.8. The fourth-order valence-corrected chi connectivity index (χ4v) is 19.3. The number of aliphatic imine (C=N–C) groups is 4. The highest BCUT2D eigenvalue weighted by Gasteiger charge is 2.79. The van der Waals surface area contributed by atoms with E-state index in [9.17, 15) is 0 Å². The van der Waals surface area contributed by atoms with Gasteiger partial charge in [0.1, 0.15) is 62.7 Å². The predicted molar refractivity (Wildman–Crippen MR) is 531 cm³/mol. The van der Waals surface area contributed by atoms with Gasteiger partial charge in [0.25, 0.3) is 35.0 Å². The van der Waals surface area contributed by atoms with Gasteiger partial charge in [-0.05, 0) is 267 Å². The standard InChI is InChI=1S/C116H135N8O4/c1-5-9-13-17-21-25-29-33-37-41-45-49-53-65-89-69-57-73-93(85-89)126-101-81-61-77-97-105(101)114-119-111-99-79-63-83-103(128-95-75-59-71-91(87-95)67-55-51-47-43-39-35-31-27-23-19-15-11-7-3)107(99)115-120-110-98-78-62-82-102(127-94-74-58-70-90(86-94)66-54-50-46-42-38-34-30-26-22-18-14-10-6-2)106(98)113-118-108-96-76-60-80-100(104(96)112-117-109(97)122(114)116(121(108)112,123(110)113)124(111)115)125-92-72-56-68-88(84-92)64-52-48-44-40-36-32-28-24-20-16-12-8-4/h12-19,24-31,56-63,68-87,109H,5-11,20-23,32-55,64-67H2,1-4H3/q+3/b16-12+,17-13+,18-14+,19-15+,28-24+,29-25+,30-26+,31-27+/t109?,116-/m0/s1. The van der Waals surface area contributed by atoms with Crippen molar-refractivity contribution in [2.75, 3.05) is 0 Å². The minimum atomic E-state index is -1.39. The molecule has 0 saturated heterocycles. The monoisotopic (exact) mass is 1700 g/mol. The van der Waals surface area contributed by atoms with Crippen LogP contribution in [0, 0.1) is 0 Å². The summed E-state index contributed by atoms with van der Waals surface area (Å²) < 4.78 is 36.8. The SMILES string of the molecule is CC/C=C/C/C=C/CCCCCCCc1cccc(Oc2cccc3c2C2=NC4c5cccc(Oc6cccc(CCCCCCC/C=C/C/C=C/CCC)c6)c5C5=NC6=[N+]7C(=NC8=[N+]9C(=NC3=[N+]2[C@@]79N54)c2c(Oc3cccc(CCCCCCC/C=C/C/C=C/CCC)c3)cccc28)c2c(Oc3cccc(CCCCCCC/C=C/C/C=C/CCC)c3)cccc26)c1. The maximum absolute atomic E-state index is 7.41. The number of nitrogens with zero attached hydrogens (tertiary/aromatic N) is 8. The van der Waals surface area contributed by atoms with E-state index in [4.69, 9.17) is 38.9 Å². The second kappa shape index (κ2) is 45.9. The molecule has 0 N–H and O–H groups in total. The third-order valence-electron chi connectivity index (χ3n) is 25.8. The summed E-state index contributed by atoms with van der Waals surface area (Å²) in [5.41, 5.74) is 12.2. The molecule has 1 unspecified atom stereocenters. The van der Waals surface area contributed by atoms with E-state index in [2.05, 4.69) is 313 Å². The maximum atomic E-state index is 7.41. The Kier molecular flexibility index (Phi) is 32.2. The number of hydrogen-bond acceptors (Lipinski definition) is 9. The van der Waals surface area contributed by atoms with Crippen molar-refractivity contribution in [3.63, 3.8) is 0 Å². The fraction of sp³-hybridized carbons (Fsp3) is 0.388. The molecule has 8 aromatic rings. The van der Waals surface area contributed by atoms with Gasteiger partial charge in [0.15, 0.2) is 0 Å². The van der Waals surface area contributed by atoms with Crippen molar-refractivity contribution in [3.8, 4) is 46.0 Å². The largest absolute Gasteiger partial charge is 0.457 e. The van der Waals surface area contributed by atoms with Crippen LogP contribution in [0.5, 0.6) is 46.0 Å². The molecule has 8 aromatic carbocycles. The third-order valence-corrected chi connectivity index (χ3v) is 25.8. The molecule has 12 nitrogen and oxygen atoms in total. The van der Waals surface area contributed by atoms with E-state index in [-0.39, 0.29) is 0 Å². The summed E-state index contributed by atoms with van der Waals surface area (Å²) in [6.45, 7) is 8.89. The Balaban J connectivity index is 0.746. The van der Waals surface area contributed by atoms with Gasteiger partial charge in [0, 0.05) is 5.56 Å². The number of rotatable bonds is 55. The minimum absolute atomic E-state index is 0.651. The van der Waals surface area contributed by atoms with E-state index in [0.717, 1.165) is 225 Å². The summed E-state index contributed by atoms with van der Waals surface area (Å²) in [6.07, 6.45) is 81.2. The molecule has 0 bridgehead atoms. The zero-order valence-corrected chi connectivity index (χ0v) is 76.8. The molecule has 0 aliphatic carbocycles. The number of unbranched alkanes of at least 4 members (excludes halogenated alkanes) is 23. The first kappa shape index (κ1) is 89.7. The van der Waals surface area contributed by atoms with Crippen molar-refractivity contribution in [2.45, 2.75) is 290 Å². The van der Waals surface area contributed by atoms with Crippen LogP contribution in [0.4, 0.5) is 0 Å². The van der Waals surface area contributed by atoms with Crippen molar-refractivity contribution in [1.29, 1.82) is 0 Å². The van der Waals surface area contributed by atoms with E-state index < -0.39 is 12.1 Å². The van der Waals surface area contributed by atoms with Gasteiger partial charge < -0.3 is 18.9 Å². The highest BCUT2D eigenvalue weighted by Crippen LogP contribution is 2.57. The molecule has 0 fully saturated rings. The van der Waals surface area contributed by atoms with E-state index in [1.807, 2.05) is 0 Å². The molecule has 0 amide bonds. The summed E-state index contributed by atoms with van der Waals surface area (Å²) in [6, 6.07) is 60.7.